The number of hydrogen-bond acceptors (Lipinski definition) is 2. The average molecular weight is 488 g/mol. The second-order valence-electron chi connectivity index (χ2n) is 10.1. The normalized spacial score (nSPS) is 17.3. The second kappa shape index (κ2) is 8.36. The molecule has 0 fully saturated rings. The fourth-order valence-corrected chi connectivity index (χ4v) is 6.28. The summed E-state index contributed by atoms with van der Waals surface area (Å²) in [6.45, 7) is 0. The first-order valence-electron chi connectivity index (χ1n) is 13.2. The van der Waals surface area contributed by atoms with E-state index in [1.807, 2.05) is 0 Å². The molecule has 38 heavy (non-hydrogen) atoms. The van der Waals surface area contributed by atoms with Crippen LogP contribution in [0.3, 0.4) is 0 Å². The maximum absolute atomic E-state index is 6.71. The van der Waals surface area contributed by atoms with Crippen molar-refractivity contribution in [1.82, 2.24) is 0 Å². The molecule has 2 nitrogen and oxygen atoms in total. The molecule has 2 atom stereocenters. The first kappa shape index (κ1) is 21.3. The van der Waals surface area contributed by atoms with Gasteiger partial charge in [0.05, 0.1) is 17.3 Å². The van der Waals surface area contributed by atoms with Crippen LogP contribution in [0.2, 0.25) is 0 Å². The predicted octanol–water partition coefficient (Wildman–Crippen LogP) is 9.08. The number of rotatable bonds is 3. The predicted molar refractivity (Wildman–Crippen MR) is 157 cm³/mol. The fourth-order valence-electron chi connectivity index (χ4n) is 6.28. The number of ether oxygens (including phenoxy) is 1. The lowest BCUT2D eigenvalue weighted by molar-refractivity contribution is 0.266. The maximum Gasteiger partial charge on any atom is 0.130 e. The Balaban J connectivity index is 1.37. The van der Waals surface area contributed by atoms with Gasteiger partial charge in [-0.15, -0.1) is 0 Å². The van der Waals surface area contributed by atoms with Crippen LogP contribution in [0.1, 0.15) is 22.6 Å². The van der Waals surface area contributed by atoms with E-state index in [1.165, 1.54) is 38.2 Å². The van der Waals surface area contributed by atoms with Crippen LogP contribution in [0.25, 0.3) is 27.2 Å². The van der Waals surface area contributed by atoms with Crippen molar-refractivity contribution in [3.8, 4) is 5.75 Å². The van der Waals surface area contributed by atoms with E-state index in [1.54, 1.807) is 0 Å². The summed E-state index contributed by atoms with van der Waals surface area (Å²) in [7, 11) is 0. The van der Waals surface area contributed by atoms with Gasteiger partial charge in [0.25, 0.3) is 0 Å². The molecule has 2 aliphatic rings. The van der Waals surface area contributed by atoms with Gasteiger partial charge >= 0.3 is 0 Å². The summed E-state index contributed by atoms with van der Waals surface area (Å²) < 4.78 is 6.71. The molecule has 0 spiro atoms. The van der Waals surface area contributed by atoms with Gasteiger partial charge in [0.1, 0.15) is 11.9 Å². The van der Waals surface area contributed by atoms with Gasteiger partial charge in [-0.2, -0.15) is 0 Å². The number of anilines is 2. The van der Waals surface area contributed by atoms with E-state index in [4.69, 9.17) is 4.74 Å². The Morgan fingerprint density at radius 2 is 1.24 bits per heavy atom. The molecule has 0 N–H and O–H groups in total. The molecule has 2 unspecified atom stereocenters. The molecule has 0 amide bonds. The number of hydrogen-bond donors (Lipinski definition) is 0. The topological polar surface area (TPSA) is 12.5 Å². The summed E-state index contributed by atoms with van der Waals surface area (Å²) in [5.41, 5.74) is 7.27. The number of benzene rings is 6. The van der Waals surface area contributed by atoms with Gasteiger partial charge in [0, 0.05) is 22.2 Å². The van der Waals surface area contributed by atoms with Crippen molar-refractivity contribution in [3.05, 3.63) is 156 Å². The Kier molecular flexibility index (Phi) is 4.68. The van der Waals surface area contributed by atoms with Gasteiger partial charge in [-0.1, -0.05) is 103 Å². The Hall–Kier alpha value is -4.82. The first-order valence-corrected chi connectivity index (χ1v) is 13.2. The minimum absolute atomic E-state index is 0.0760. The van der Waals surface area contributed by atoms with Crippen molar-refractivity contribution < 1.29 is 4.74 Å². The van der Waals surface area contributed by atoms with Crippen LogP contribution >= 0.6 is 0 Å². The summed E-state index contributed by atoms with van der Waals surface area (Å²) >= 11 is 0. The third-order valence-corrected chi connectivity index (χ3v) is 7.96. The van der Waals surface area contributed by atoms with Gasteiger partial charge in [0.15, 0.2) is 0 Å². The molecule has 0 saturated carbocycles. The minimum Gasteiger partial charge on any atom is -0.485 e. The lowest BCUT2D eigenvalue weighted by Crippen LogP contribution is -2.28. The van der Waals surface area contributed by atoms with Gasteiger partial charge in [0.2, 0.25) is 0 Å². The van der Waals surface area contributed by atoms with Crippen molar-refractivity contribution in [3.63, 3.8) is 0 Å². The summed E-state index contributed by atoms with van der Waals surface area (Å²) in [5.74, 6) is 1.15. The van der Waals surface area contributed by atoms with Crippen LogP contribution in [-0.2, 0) is 0 Å². The lowest BCUT2D eigenvalue weighted by atomic mass is 9.79. The molecular weight excluding hydrogens is 462 g/mol. The standard InChI is InChI=1S/C36H25NO/c1-2-15-27(16-3-1)37(32-20-10-14-24-11-6-7-17-28(24)32)33-23-35-36(30-19-9-8-18-29(30)33)31-21-25-12-4-5-13-26(25)22-34(31)38-35/h1-23,35-36H. The van der Waals surface area contributed by atoms with Gasteiger partial charge in [-0.25, -0.2) is 0 Å². The highest BCUT2D eigenvalue weighted by Gasteiger charge is 2.40. The number of fused-ring (bicyclic) bond motifs is 7. The van der Waals surface area contributed by atoms with Crippen molar-refractivity contribution in [2.45, 2.75) is 12.0 Å². The molecule has 8 rings (SSSR count). The van der Waals surface area contributed by atoms with Gasteiger partial charge in [-0.3, -0.25) is 0 Å². The lowest BCUT2D eigenvalue weighted by Gasteiger charge is -2.35. The summed E-state index contributed by atoms with van der Waals surface area (Å²) in [5, 5.41) is 4.92. The smallest absolute Gasteiger partial charge is 0.130 e. The Morgan fingerprint density at radius 3 is 2.11 bits per heavy atom. The van der Waals surface area contributed by atoms with Crippen LogP contribution in [0.4, 0.5) is 11.4 Å². The molecule has 180 valence electrons. The fraction of sp³-hybridized carbons (Fsp3) is 0.0556. The van der Waals surface area contributed by atoms with Crippen molar-refractivity contribution in [2.24, 2.45) is 0 Å². The highest BCUT2D eigenvalue weighted by molar-refractivity contribution is 6.02. The van der Waals surface area contributed by atoms with Crippen LogP contribution in [0.15, 0.2) is 140 Å². The molecule has 0 bridgehead atoms. The highest BCUT2D eigenvalue weighted by atomic mass is 16.5. The molecular formula is C36H25NO. The van der Waals surface area contributed by atoms with Crippen LogP contribution < -0.4 is 9.64 Å². The second-order valence-corrected chi connectivity index (χ2v) is 10.1. The maximum atomic E-state index is 6.71. The zero-order valence-corrected chi connectivity index (χ0v) is 20.8. The van der Waals surface area contributed by atoms with Crippen LogP contribution in [0.5, 0.6) is 5.75 Å². The van der Waals surface area contributed by atoms with Gasteiger partial charge < -0.3 is 9.64 Å². The summed E-state index contributed by atoms with van der Waals surface area (Å²) in [6.07, 6.45) is 2.26. The van der Waals surface area contributed by atoms with E-state index in [-0.39, 0.29) is 12.0 Å². The third-order valence-electron chi connectivity index (χ3n) is 7.96. The van der Waals surface area contributed by atoms with Crippen LogP contribution in [0, 0.1) is 0 Å². The first-order chi connectivity index (χ1) is 18.8. The molecule has 0 aromatic heterocycles. The van der Waals surface area contributed by atoms with Gasteiger partial charge in [-0.05, 0) is 58.1 Å². The number of para-hydroxylation sites is 1. The minimum atomic E-state index is -0.0760. The average Bonchev–Trinajstić information content (AvgIpc) is 3.34. The third kappa shape index (κ3) is 3.20. The monoisotopic (exact) mass is 487 g/mol. The molecule has 1 aliphatic heterocycles. The highest BCUT2D eigenvalue weighted by Crippen LogP contribution is 2.51. The number of nitrogens with zero attached hydrogens (tertiary/aromatic N) is 1. The zero-order valence-electron chi connectivity index (χ0n) is 20.8. The SMILES string of the molecule is C1=C(N(c2ccccc2)c2cccc3ccccc23)c2ccccc2C2c3cc4ccccc4cc3OC12. The Labute approximate surface area is 222 Å². The summed E-state index contributed by atoms with van der Waals surface area (Å²) in [6, 6.07) is 47.8. The Bertz CT molecular complexity index is 1860. The quantitative estimate of drug-likeness (QED) is 0.247. The van der Waals surface area contributed by atoms with E-state index in [9.17, 15) is 0 Å². The zero-order chi connectivity index (χ0) is 25.1. The van der Waals surface area contributed by atoms with E-state index in [0.29, 0.717) is 0 Å². The summed E-state index contributed by atoms with van der Waals surface area (Å²) in [4.78, 5) is 2.40. The van der Waals surface area contributed by atoms with E-state index >= 15 is 0 Å². The molecule has 1 heterocycles. The molecule has 0 radical (unpaired) electrons. The van der Waals surface area contributed by atoms with E-state index < -0.39 is 0 Å². The largest absolute Gasteiger partial charge is 0.485 e. The van der Waals surface area contributed by atoms with Crippen molar-refractivity contribution in [1.29, 1.82) is 0 Å². The van der Waals surface area contributed by atoms with Crippen molar-refractivity contribution >= 4 is 38.6 Å². The molecule has 6 aromatic carbocycles. The molecule has 6 aromatic rings. The molecule has 0 saturated heterocycles. The van der Waals surface area contributed by atoms with Crippen LogP contribution in [-0.4, -0.2) is 6.10 Å². The van der Waals surface area contributed by atoms with E-state index in [2.05, 4.69) is 144 Å². The van der Waals surface area contributed by atoms with E-state index in [0.717, 1.165) is 22.8 Å². The molecule has 1 aliphatic carbocycles. The molecule has 2 heteroatoms. The Morgan fingerprint density at radius 1 is 0.553 bits per heavy atom. The van der Waals surface area contributed by atoms with Crippen molar-refractivity contribution in [2.75, 3.05) is 4.90 Å².